The van der Waals surface area contributed by atoms with E-state index in [1.165, 1.54) is 27.9 Å². The molecular weight excluding hydrogens is 258 g/mol. The van der Waals surface area contributed by atoms with Gasteiger partial charge in [-0.1, -0.05) is 25.1 Å². The molecule has 1 heterocycles. The SMILES string of the molecule is CCC(N)Cc1c(C)nn(Cc2c(C)cccc2C)c1C. The summed E-state index contributed by atoms with van der Waals surface area (Å²) in [5.74, 6) is 0. The van der Waals surface area contributed by atoms with Crippen molar-refractivity contribution >= 4 is 0 Å². The third-order valence-electron chi connectivity index (χ3n) is 4.47. The Morgan fingerprint density at radius 2 is 1.71 bits per heavy atom. The molecule has 1 aromatic carbocycles. The molecule has 0 fully saturated rings. The molecule has 0 saturated heterocycles. The standard InChI is InChI=1S/C18H27N3/c1-6-16(19)10-17-14(4)20-21(15(17)5)11-18-12(2)8-7-9-13(18)3/h7-9,16H,6,10-11,19H2,1-5H3. The topological polar surface area (TPSA) is 43.8 Å². The van der Waals surface area contributed by atoms with Gasteiger partial charge in [-0.15, -0.1) is 0 Å². The third-order valence-corrected chi connectivity index (χ3v) is 4.47. The molecule has 2 N–H and O–H groups in total. The fourth-order valence-corrected chi connectivity index (χ4v) is 2.84. The molecule has 114 valence electrons. The lowest BCUT2D eigenvalue weighted by Crippen LogP contribution is -2.22. The molecule has 21 heavy (non-hydrogen) atoms. The van der Waals surface area contributed by atoms with Crippen molar-refractivity contribution in [1.82, 2.24) is 9.78 Å². The summed E-state index contributed by atoms with van der Waals surface area (Å²) in [6.45, 7) is 11.6. The zero-order valence-electron chi connectivity index (χ0n) is 13.9. The highest BCUT2D eigenvalue weighted by atomic mass is 15.3. The third kappa shape index (κ3) is 3.35. The van der Waals surface area contributed by atoms with Crippen LogP contribution in [0.25, 0.3) is 0 Å². The molecule has 3 nitrogen and oxygen atoms in total. The lowest BCUT2D eigenvalue weighted by Gasteiger charge is -2.12. The number of hydrogen-bond donors (Lipinski definition) is 1. The molecular formula is C18H27N3. The Balaban J connectivity index is 2.32. The first kappa shape index (κ1) is 15.8. The van der Waals surface area contributed by atoms with Crippen molar-refractivity contribution < 1.29 is 0 Å². The van der Waals surface area contributed by atoms with Crippen LogP contribution in [0.1, 0.15) is 47.0 Å². The molecule has 0 aliphatic carbocycles. The summed E-state index contributed by atoms with van der Waals surface area (Å²) in [5.41, 5.74) is 13.8. The van der Waals surface area contributed by atoms with Gasteiger partial charge in [0.15, 0.2) is 0 Å². The molecule has 0 aliphatic rings. The lowest BCUT2D eigenvalue weighted by atomic mass is 10.0. The number of benzene rings is 1. The van der Waals surface area contributed by atoms with Crippen molar-refractivity contribution in [2.24, 2.45) is 5.73 Å². The van der Waals surface area contributed by atoms with Crippen molar-refractivity contribution in [3.8, 4) is 0 Å². The smallest absolute Gasteiger partial charge is 0.0667 e. The van der Waals surface area contributed by atoms with Crippen molar-refractivity contribution in [2.45, 2.75) is 60.0 Å². The molecule has 0 spiro atoms. The van der Waals surface area contributed by atoms with Crippen molar-refractivity contribution in [3.63, 3.8) is 0 Å². The second kappa shape index (κ2) is 6.44. The van der Waals surface area contributed by atoms with E-state index in [2.05, 4.69) is 57.5 Å². The van der Waals surface area contributed by atoms with Crippen LogP contribution in [0.2, 0.25) is 0 Å². The minimum atomic E-state index is 0.222. The van der Waals surface area contributed by atoms with Gasteiger partial charge in [0.1, 0.15) is 0 Å². The van der Waals surface area contributed by atoms with Gasteiger partial charge in [-0.3, -0.25) is 4.68 Å². The quantitative estimate of drug-likeness (QED) is 0.914. The van der Waals surface area contributed by atoms with E-state index in [0.717, 1.165) is 25.1 Å². The summed E-state index contributed by atoms with van der Waals surface area (Å²) in [6, 6.07) is 6.67. The van der Waals surface area contributed by atoms with E-state index in [0.29, 0.717) is 0 Å². The Morgan fingerprint density at radius 3 is 2.29 bits per heavy atom. The highest BCUT2D eigenvalue weighted by molar-refractivity contribution is 5.34. The highest BCUT2D eigenvalue weighted by Crippen LogP contribution is 2.20. The maximum absolute atomic E-state index is 6.12. The normalized spacial score (nSPS) is 12.7. The predicted molar refractivity (Wildman–Crippen MR) is 88.7 cm³/mol. The Morgan fingerprint density at radius 1 is 1.10 bits per heavy atom. The van der Waals surface area contributed by atoms with Crippen molar-refractivity contribution in [1.29, 1.82) is 0 Å². The van der Waals surface area contributed by atoms with Crippen molar-refractivity contribution in [3.05, 3.63) is 51.8 Å². The molecule has 2 aromatic rings. The number of aromatic nitrogens is 2. The molecule has 2 rings (SSSR count). The molecule has 0 saturated carbocycles. The summed E-state index contributed by atoms with van der Waals surface area (Å²) < 4.78 is 2.13. The summed E-state index contributed by atoms with van der Waals surface area (Å²) >= 11 is 0. The van der Waals surface area contributed by atoms with Gasteiger partial charge in [-0.05, 0) is 62.8 Å². The fraction of sp³-hybridized carbons (Fsp3) is 0.500. The number of rotatable bonds is 5. The zero-order valence-corrected chi connectivity index (χ0v) is 13.9. The molecule has 1 aromatic heterocycles. The first-order valence-corrected chi connectivity index (χ1v) is 7.77. The summed E-state index contributed by atoms with van der Waals surface area (Å²) in [4.78, 5) is 0. The summed E-state index contributed by atoms with van der Waals surface area (Å²) in [7, 11) is 0. The molecule has 1 atom stereocenters. The van der Waals surface area contributed by atoms with Crippen molar-refractivity contribution in [2.75, 3.05) is 0 Å². The Hall–Kier alpha value is -1.61. The van der Waals surface area contributed by atoms with Crippen LogP contribution in [0.4, 0.5) is 0 Å². The first-order chi connectivity index (χ1) is 9.93. The number of nitrogens with two attached hydrogens (primary N) is 1. The van der Waals surface area contributed by atoms with E-state index < -0.39 is 0 Å². The number of nitrogens with zero attached hydrogens (tertiary/aromatic N) is 2. The second-order valence-electron chi connectivity index (χ2n) is 6.05. The largest absolute Gasteiger partial charge is 0.327 e. The van der Waals surface area contributed by atoms with Gasteiger partial charge in [0.05, 0.1) is 12.2 Å². The van der Waals surface area contributed by atoms with Gasteiger partial charge in [-0.2, -0.15) is 5.10 Å². The summed E-state index contributed by atoms with van der Waals surface area (Å²) in [6.07, 6.45) is 1.92. The molecule has 1 unspecified atom stereocenters. The van der Waals surface area contributed by atoms with E-state index in [9.17, 15) is 0 Å². The molecule has 0 radical (unpaired) electrons. The average molecular weight is 285 g/mol. The van der Waals surface area contributed by atoms with Gasteiger partial charge in [-0.25, -0.2) is 0 Å². The Bertz CT molecular complexity index is 605. The molecule has 0 amide bonds. The van der Waals surface area contributed by atoms with E-state index in [1.54, 1.807) is 0 Å². The first-order valence-electron chi connectivity index (χ1n) is 7.77. The van der Waals surface area contributed by atoms with Crippen LogP contribution < -0.4 is 5.73 Å². The maximum Gasteiger partial charge on any atom is 0.0667 e. The second-order valence-corrected chi connectivity index (χ2v) is 6.05. The zero-order chi connectivity index (χ0) is 15.6. The van der Waals surface area contributed by atoms with E-state index in [4.69, 9.17) is 10.8 Å². The van der Waals surface area contributed by atoms with Crippen LogP contribution in [0.5, 0.6) is 0 Å². The van der Waals surface area contributed by atoms with Crippen LogP contribution in [-0.4, -0.2) is 15.8 Å². The molecule has 0 aliphatic heterocycles. The highest BCUT2D eigenvalue weighted by Gasteiger charge is 2.15. The van der Waals surface area contributed by atoms with E-state index >= 15 is 0 Å². The number of hydrogen-bond acceptors (Lipinski definition) is 2. The van der Waals surface area contributed by atoms with Gasteiger partial charge in [0.2, 0.25) is 0 Å². The van der Waals surface area contributed by atoms with Gasteiger partial charge in [0, 0.05) is 11.7 Å². The van der Waals surface area contributed by atoms with Gasteiger partial charge in [0.25, 0.3) is 0 Å². The lowest BCUT2D eigenvalue weighted by molar-refractivity contribution is 0.634. The molecule has 0 bridgehead atoms. The van der Waals surface area contributed by atoms with Crippen LogP contribution >= 0.6 is 0 Å². The van der Waals surface area contributed by atoms with Crippen LogP contribution in [0.3, 0.4) is 0 Å². The monoisotopic (exact) mass is 285 g/mol. The van der Waals surface area contributed by atoms with E-state index in [-0.39, 0.29) is 6.04 Å². The fourth-order valence-electron chi connectivity index (χ4n) is 2.84. The molecule has 3 heteroatoms. The average Bonchev–Trinajstić information content (AvgIpc) is 2.70. The van der Waals surface area contributed by atoms with Gasteiger partial charge < -0.3 is 5.73 Å². The van der Waals surface area contributed by atoms with Crippen LogP contribution in [0.15, 0.2) is 18.2 Å². The number of aryl methyl sites for hydroxylation is 3. The Labute approximate surface area is 128 Å². The minimum absolute atomic E-state index is 0.222. The Kier molecular flexibility index (Phi) is 4.84. The predicted octanol–water partition coefficient (Wildman–Crippen LogP) is 3.44. The van der Waals surface area contributed by atoms with E-state index in [1.807, 2.05) is 0 Å². The maximum atomic E-state index is 6.12. The van der Waals surface area contributed by atoms with Gasteiger partial charge >= 0.3 is 0 Å². The minimum Gasteiger partial charge on any atom is -0.327 e. The summed E-state index contributed by atoms with van der Waals surface area (Å²) in [5, 5.41) is 4.74. The van der Waals surface area contributed by atoms with Crippen LogP contribution in [0, 0.1) is 27.7 Å². The van der Waals surface area contributed by atoms with Crippen LogP contribution in [-0.2, 0) is 13.0 Å².